The Kier molecular flexibility index (Phi) is 7.79. The monoisotopic (exact) mass is 329 g/mol. The third kappa shape index (κ3) is 5.76. The molecule has 0 N–H and O–H groups in total. The van der Waals surface area contributed by atoms with Crippen molar-refractivity contribution in [1.82, 2.24) is 9.97 Å². The van der Waals surface area contributed by atoms with E-state index < -0.39 is 0 Å². The lowest BCUT2D eigenvalue weighted by Gasteiger charge is -2.22. The van der Waals surface area contributed by atoms with E-state index >= 15 is 0 Å². The van der Waals surface area contributed by atoms with Gasteiger partial charge in [-0.25, -0.2) is 4.98 Å². The Bertz CT molecular complexity index is 374. The van der Waals surface area contributed by atoms with Crippen molar-refractivity contribution in [1.29, 1.82) is 0 Å². The Morgan fingerprint density at radius 3 is 2.63 bits per heavy atom. The first-order chi connectivity index (χ1) is 9.21. The molecule has 1 heterocycles. The fourth-order valence-electron chi connectivity index (χ4n) is 1.71. The highest BCUT2D eigenvalue weighted by molar-refractivity contribution is 9.09. The van der Waals surface area contributed by atoms with Crippen LogP contribution in [0.3, 0.4) is 0 Å². The summed E-state index contributed by atoms with van der Waals surface area (Å²) in [5.41, 5.74) is 0.951. The SMILES string of the molecule is CCCCN(CCBr)c1nc(C)cc(OCCC)n1. The first kappa shape index (κ1) is 16.2. The van der Waals surface area contributed by atoms with Gasteiger partial charge in [0, 0.05) is 30.2 Å². The van der Waals surface area contributed by atoms with E-state index in [0.29, 0.717) is 12.5 Å². The number of ether oxygens (including phenoxy) is 1. The highest BCUT2D eigenvalue weighted by Crippen LogP contribution is 2.16. The average molecular weight is 330 g/mol. The molecule has 0 aliphatic heterocycles. The number of aryl methyl sites for hydroxylation is 1. The van der Waals surface area contributed by atoms with Gasteiger partial charge < -0.3 is 9.64 Å². The van der Waals surface area contributed by atoms with Crippen molar-refractivity contribution >= 4 is 21.9 Å². The number of anilines is 1. The second-order valence-corrected chi connectivity index (χ2v) is 5.32. The van der Waals surface area contributed by atoms with Crippen LogP contribution in [0.15, 0.2) is 6.07 Å². The summed E-state index contributed by atoms with van der Waals surface area (Å²) in [6, 6.07) is 1.89. The van der Waals surface area contributed by atoms with Crippen molar-refractivity contribution in [3.05, 3.63) is 11.8 Å². The smallest absolute Gasteiger partial charge is 0.228 e. The van der Waals surface area contributed by atoms with Gasteiger partial charge in [-0.1, -0.05) is 36.2 Å². The lowest BCUT2D eigenvalue weighted by Crippen LogP contribution is -2.28. The molecule has 5 heteroatoms. The van der Waals surface area contributed by atoms with Crippen LogP contribution in [0.25, 0.3) is 0 Å². The summed E-state index contributed by atoms with van der Waals surface area (Å²) in [6.45, 7) is 8.86. The minimum absolute atomic E-state index is 0.681. The molecule has 0 radical (unpaired) electrons. The zero-order valence-electron chi connectivity index (χ0n) is 12.2. The molecular weight excluding hydrogens is 306 g/mol. The predicted molar refractivity (Wildman–Crippen MR) is 83.5 cm³/mol. The molecular formula is C14H24BrN3O. The number of hydrogen-bond donors (Lipinski definition) is 0. The minimum atomic E-state index is 0.681. The maximum atomic E-state index is 5.62. The van der Waals surface area contributed by atoms with E-state index in [0.717, 1.165) is 42.9 Å². The number of halogens is 1. The van der Waals surface area contributed by atoms with Gasteiger partial charge in [-0.3, -0.25) is 0 Å². The van der Waals surface area contributed by atoms with Crippen molar-refractivity contribution in [2.24, 2.45) is 0 Å². The fourth-order valence-corrected chi connectivity index (χ4v) is 2.14. The molecule has 0 spiro atoms. The predicted octanol–water partition coefficient (Wildman–Crippen LogP) is 3.58. The van der Waals surface area contributed by atoms with Gasteiger partial charge in [0.05, 0.1) is 6.61 Å². The maximum absolute atomic E-state index is 5.62. The molecule has 0 atom stereocenters. The van der Waals surface area contributed by atoms with Crippen LogP contribution in [0.5, 0.6) is 5.88 Å². The standard InChI is InChI=1S/C14H24BrN3O/c1-4-6-8-18(9-7-15)14-16-12(3)11-13(17-14)19-10-5-2/h11H,4-10H2,1-3H3. The number of unbranched alkanes of at least 4 members (excludes halogenated alkanes) is 1. The summed E-state index contributed by atoms with van der Waals surface area (Å²) in [5.74, 6) is 1.46. The van der Waals surface area contributed by atoms with Crippen molar-refractivity contribution in [2.75, 3.05) is 29.9 Å². The molecule has 0 fully saturated rings. The van der Waals surface area contributed by atoms with Crippen LogP contribution in [0.1, 0.15) is 38.8 Å². The van der Waals surface area contributed by atoms with Gasteiger partial charge in [-0.2, -0.15) is 4.98 Å². The third-order valence-corrected chi connectivity index (χ3v) is 3.05. The Morgan fingerprint density at radius 2 is 2.00 bits per heavy atom. The summed E-state index contributed by atoms with van der Waals surface area (Å²) in [6.07, 6.45) is 3.30. The van der Waals surface area contributed by atoms with Crippen LogP contribution >= 0.6 is 15.9 Å². The number of nitrogens with zero attached hydrogens (tertiary/aromatic N) is 3. The van der Waals surface area contributed by atoms with E-state index in [2.05, 4.69) is 44.6 Å². The van der Waals surface area contributed by atoms with Crippen LogP contribution < -0.4 is 9.64 Å². The van der Waals surface area contributed by atoms with E-state index in [1.54, 1.807) is 0 Å². The second-order valence-electron chi connectivity index (χ2n) is 4.53. The molecule has 0 saturated carbocycles. The molecule has 4 nitrogen and oxygen atoms in total. The number of hydrogen-bond acceptors (Lipinski definition) is 4. The van der Waals surface area contributed by atoms with Crippen molar-refractivity contribution < 1.29 is 4.74 Å². The average Bonchev–Trinajstić information content (AvgIpc) is 2.40. The lowest BCUT2D eigenvalue weighted by atomic mass is 10.3. The second kappa shape index (κ2) is 9.13. The Labute approximate surface area is 124 Å². The third-order valence-electron chi connectivity index (χ3n) is 2.69. The molecule has 19 heavy (non-hydrogen) atoms. The van der Waals surface area contributed by atoms with Gasteiger partial charge in [0.2, 0.25) is 11.8 Å². The molecule has 0 bridgehead atoms. The highest BCUT2D eigenvalue weighted by Gasteiger charge is 2.11. The molecule has 0 aromatic carbocycles. The van der Waals surface area contributed by atoms with Crippen LogP contribution in [0.2, 0.25) is 0 Å². The van der Waals surface area contributed by atoms with Crippen LogP contribution in [-0.4, -0.2) is 35.0 Å². The Hall–Kier alpha value is -0.840. The Balaban J connectivity index is 2.84. The fraction of sp³-hybridized carbons (Fsp3) is 0.714. The molecule has 0 amide bonds. The van der Waals surface area contributed by atoms with Crippen LogP contribution in [0, 0.1) is 6.92 Å². The Morgan fingerprint density at radius 1 is 1.21 bits per heavy atom. The van der Waals surface area contributed by atoms with E-state index in [1.807, 2.05) is 13.0 Å². The van der Waals surface area contributed by atoms with Crippen molar-refractivity contribution in [2.45, 2.75) is 40.0 Å². The first-order valence-electron chi connectivity index (χ1n) is 7.00. The van der Waals surface area contributed by atoms with E-state index in [-0.39, 0.29) is 0 Å². The topological polar surface area (TPSA) is 38.2 Å². The molecule has 0 saturated heterocycles. The summed E-state index contributed by atoms with van der Waals surface area (Å²) in [5, 5.41) is 0.916. The number of aromatic nitrogens is 2. The minimum Gasteiger partial charge on any atom is -0.478 e. The van der Waals surface area contributed by atoms with Gasteiger partial charge in [-0.15, -0.1) is 0 Å². The quantitative estimate of drug-likeness (QED) is 0.649. The number of alkyl halides is 1. The van der Waals surface area contributed by atoms with Gasteiger partial charge in [-0.05, 0) is 19.8 Å². The van der Waals surface area contributed by atoms with E-state index in [1.165, 1.54) is 6.42 Å². The molecule has 0 unspecified atom stereocenters. The normalized spacial score (nSPS) is 10.5. The van der Waals surface area contributed by atoms with Crippen LogP contribution in [-0.2, 0) is 0 Å². The van der Waals surface area contributed by atoms with Gasteiger partial charge in [0.25, 0.3) is 0 Å². The van der Waals surface area contributed by atoms with Gasteiger partial charge in [0.15, 0.2) is 0 Å². The highest BCUT2D eigenvalue weighted by atomic mass is 79.9. The first-order valence-corrected chi connectivity index (χ1v) is 8.12. The molecule has 1 aromatic rings. The molecule has 1 rings (SSSR count). The van der Waals surface area contributed by atoms with E-state index in [4.69, 9.17) is 4.74 Å². The van der Waals surface area contributed by atoms with E-state index in [9.17, 15) is 0 Å². The number of rotatable bonds is 9. The molecule has 1 aromatic heterocycles. The zero-order chi connectivity index (χ0) is 14.1. The molecule has 108 valence electrons. The van der Waals surface area contributed by atoms with Crippen molar-refractivity contribution in [3.8, 4) is 5.88 Å². The molecule has 0 aliphatic carbocycles. The van der Waals surface area contributed by atoms with Crippen LogP contribution in [0.4, 0.5) is 5.95 Å². The summed E-state index contributed by atoms with van der Waals surface area (Å²) < 4.78 is 5.62. The summed E-state index contributed by atoms with van der Waals surface area (Å²) in [7, 11) is 0. The van der Waals surface area contributed by atoms with Gasteiger partial charge >= 0.3 is 0 Å². The zero-order valence-corrected chi connectivity index (χ0v) is 13.7. The van der Waals surface area contributed by atoms with Gasteiger partial charge in [0.1, 0.15) is 0 Å². The lowest BCUT2D eigenvalue weighted by molar-refractivity contribution is 0.304. The largest absolute Gasteiger partial charge is 0.478 e. The van der Waals surface area contributed by atoms with Crippen molar-refractivity contribution in [3.63, 3.8) is 0 Å². The molecule has 0 aliphatic rings. The summed E-state index contributed by atoms with van der Waals surface area (Å²) in [4.78, 5) is 11.3. The summed E-state index contributed by atoms with van der Waals surface area (Å²) >= 11 is 3.49. The maximum Gasteiger partial charge on any atom is 0.228 e.